The van der Waals surface area contributed by atoms with Crippen molar-refractivity contribution in [3.05, 3.63) is 70.5 Å². The van der Waals surface area contributed by atoms with Crippen LogP contribution in [0.2, 0.25) is 5.02 Å². The molecule has 0 bridgehead atoms. The predicted molar refractivity (Wildman–Crippen MR) is 97.7 cm³/mol. The van der Waals surface area contributed by atoms with Crippen LogP contribution in [-0.4, -0.2) is 23.9 Å². The molecule has 5 heteroatoms. The number of hydrogen-bond donors (Lipinski definition) is 1. The number of hydrogen-bond acceptors (Lipinski definition) is 2. The Morgan fingerprint density at radius 2 is 2.08 bits per heavy atom. The third-order valence-electron chi connectivity index (χ3n) is 4.58. The van der Waals surface area contributed by atoms with E-state index in [2.05, 4.69) is 10.2 Å². The Hall–Kier alpha value is -1.91. The topological polar surface area (TPSA) is 32.3 Å². The number of rotatable bonds is 5. The summed E-state index contributed by atoms with van der Waals surface area (Å²) in [5.41, 5.74) is 1.86. The summed E-state index contributed by atoms with van der Waals surface area (Å²) >= 11 is 6.24. The second-order valence-corrected chi connectivity index (χ2v) is 6.92. The Morgan fingerprint density at radius 3 is 2.88 bits per heavy atom. The number of nitrogens with one attached hydrogen (secondary N) is 1. The second-order valence-electron chi connectivity index (χ2n) is 6.51. The third-order valence-corrected chi connectivity index (χ3v) is 4.95. The predicted octanol–water partition coefficient (Wildman–Crippen LogP) is 4.01. The molecule has 25 heavy (non-hydrogen) atoms. The molecule has 1 unspecified atom stereocenters. The number of carbonyl (C=O) groups is 1. The van der Waals surface area contributed by atoms with Crippen molar-refractivity contribution in [3.8, 4) is 0 Å². The SMILES string of the molecule is O=C(NCc1cccc(F)c1)C1CCCN(Cc2ccccc2Cl)C1. The average Bonchev–Trinajstić information content (AvgIpc) is 2.62. The van der Waals surface area contributed by atoms with E-state index in [9.17, 15) is 9.18 Å². The molecule has 1 heterocycles. The monoisotopic (exact) mass is 360 g/mol. The van der Waals surface area contributed by atoms with Gasteiger partial charge in [-0.1, -0.05) is 41.9 Å². The summed E-state index contributed by atoms with van der Waals surface area (Å²) in [6, 6.07) is 14.1. The number of piperidine rings is 1. The molecule has 1 atom stereocenters. The van der Waals surface area contributed by atoms with Crippen molar-refractivity contribution in [1.82, 2.24) is 10.2 Å². The minimum absolute atomic E-state index is 0.0353. The van der Waals surface area contributed by atoms with Gasteiger partial charge in [-0.05, 0) is 48.7 Å². The fraction of sp³-hybridized carbons (Fsp3) is 0.350. The maximum atomic E-state index is 13.2. The van der Waals surface area contributed by atoms with E-state index in [0.717, 1.165) is 48.6 Å². The summed E-state index contributed by atoms with van der Waals surface area (Å²) in [6.45, 7) is 2.81. The van der Waals surface area contributed by atoms with E-state index >= 15 is 0 Å². The van der Waals surface area contributed by atoms with Crippen molar-refractivity contribution in [2.75, 3.05) is 13.1 Å². The molecule has 0 aromatic heterocycles. The largest absolute Gasteiger partial charge is 0.352 e. The van der Waals surface area contributed by atoms with Crippen LogP contribution in [0.3, 0.4) is 0 Å². The van der Waals surface area contributed by atoms with E-state index in [4.69, 9.17) is 11.6 Å². The lowest BCUT2D eigenvalue weighted by atomic mass is 9.96. The maximum Gasteiger partial charge on any atom is 0.224 e. The smallest absolute Gasteiger partial charge is 0.224 e. The Kier molecular flexibility index (Phi) is 6.05. The summed E-state index contributed by atoms with van der Waals surface area (Å²) < 4.78 is 13.2. The van der Waals surface area contributed by atoms with Crippen LogP contribution in [0.25, 0.3) is 0 Å². The first kappa shape index (κ1) is 17.9. The molecule has 2 aromatic carbocycles. The lowest BCUT2D eigenvalue weighted by molar-refractivity contribution is -0.126. The van der Waals surface area contributed by atoms with Crippen molar-refractivity contribution >= 4 is 17.5 Å². The molecule has 2 aromatic rings. The standard InChI is InChI=1S/C20H22ClFN2O/c21-19-9-2-1-6-16(19)13-24-10-4-7-17(14-24)20(25)23-12-15-5-3-8-18(22)11-15/h1-3,5-6,8-9,11,17H,4,7,10,12-14H2,(H,23,25). The van der Waals surface area contributed by atoms with E-state index in [0.29, 0.717) is 6.54 Å². The van der Waals surface area contributed by atoms with Crippen molar-refractivity contribution in [2.24, 2.45) is 5.92 Å². The van der Waals surface area contributed by atoms with E-state index in [1.807, 2.05) is 30.3 Å². The van der Waals surface area contributed by atoms with Gasteiger partial charge in [-0.2, -0.15) is 0 Å². The molecule has 1 N–H and O–H groups in total. The molecule has 0 aliphatic carbocycles. The molecular weight excluding hydrogens is 339 g/mol. The minimum Gasteiger partial charge on any atom is -0.352 e. The van der Waals surface area contributed by atoms with Crippen LogP contribution in [-0.2, 0) is 17.9 Å². The summed E-state index contributed by atoms with van der Waals surface area (Å²) in [4.78, 5) is 14.7. The lowest BCUT2D eigenvalue weighted by Crippen LogP contribution is -2.42. The number of nitrogens with zero attached hydrogens (tertiary/aromatic N) is 1. The van der Waals surface area contributed by atoms with Crippen LogP contribution in [0.4, 0.5) is 4.39 Å². The van der Waals surface area contributed by atoms with Crippen LogP contribution in [0.5, 0.6) is 0 Å². The normalized spacial score (nSPS) is 18.1. The van der Waals surface area contributed by atoms with Crippen LogP contribution < -0.4 is 5.32 Å². The second kappa shape index (κ2) is 8.45. The first-order valence-electron chi connectivity index (χ1n) is 8.60. The fourth-order valence-corrected chi connectivity index (χ4v) is 3.46. The molecule has 1 fully saturated rings. The Balaban J connectivity index is 1.53. The highest BCUT2D eigenvalue weighted by Gasteiger charge is 2.25. The van der Waals surface area contributed by atoms with E-state index in [1.165, 1.54) is 12.1 Å². The van der Waals surface area contributed by atoms with E-state index in [1.54, 1.807) is 6.07 Å². The van der Waals surface area contributed by atoms with Gasteiger partial charge in [-0.25, -0.2) is 4.39 Å². The third kappa shape index (κ3) is 5.03. The van der Waals surface area contributed by atoms with E-state index < -0.39 is 0 Å². The van der Waals surface area contributed by atoms with Crippen molar-refractivity contribution in [3.63, 3.8) is 0 Å². The zero-order valence-electron chi connectivity index (χ0n) is 14.1. The number of carbonyl (C=O) groups excluding carboxylic acids is 1. The molecule has 0 radical (unpaired) electrons. The molecule has 0 saturated carbocycles. The molecule has 3 rings (SSSR count). The Morgan fingerprint density at radius 1 is 1.24 bits per heavy atom. The summed E-state index contributed by atoms with van der Waals surface area (Å²) in [5.74, 6) is -0.284. The quantitative estimate of drug-likeness (QED) is 0.873. The van der Waals surface area contributed by atoms with Crippen LogP contribution >= 0.6 is 11.6 Å². The Labute approximate surface area is 152 Å². The summed E-state index contributed by atoms with van der Waals surface area (Å²) in [6.07, 6.45) is 1.87. The van der Waals surface area contributed by atoms with Gasteiger partial charge in [0.2, 0.25) is 5.91 Å². The number of amides is 1. The van der Waals surface area contributed by atoms with Crippen molar-refractivity contribution in [2.45, 2.75) is 25.9 Å². The summed E-state index contributed by atoms with van der Waals surface area (Å²) in [5, 5.41) is 3.70. The first-order valence-corrected chi connectivity index (χ1v) is 8.97. The van der Waals surface area contributed by atoms with E-state index in [-0.39, 0.29) is 17.6 Å². The van der Waals surface area contributed by atoms with Gasteiger partial charge in [0.15, 0.2) is 0 Å². The van der Waals surface area contributed by atoms with Gasteiger partial charge >= 0.3 is 0 Å². The first-order chi connectivity index (χ1) is 12.1. The summed E-state index contributed by atoms with van der Waals surface area (Å²) in [7, 11) is 0. The molecule has 1 saturated heterocycles. The fourth-order valence-electron chi connectivity index (χ4n) is 3.26. The average molecular weight is 361 g/mol. The Bertz CT molecular complexity index is 737. The van der Waals surface area contributed by atoms with Gasteiger partial charge in [0, 0.05) is 24.7 Å². The molecule has 1 amide bonds. The minimum atomic E-state index is -0.282. The zero-order chi connectivity index (χ0) is 17.6. The highest BCUT2D eigenvalue weighted by Crippen LogP contribution is 2.22. The van der Waals surface area contributed by atoms with Crippen molar-refractivity contribution in [1.29, 1.82) is 0 Å². The van der Waals surface area contributed by atoms with Gasteiger partial charge in [0.05, 0.1) is 5.92 Å². The molecule has 132 valence electrons. The van der Waals surface area contributed by atoms with Gasteiger partial charge < -0.3 is 5.32 Å². The van der Waals surface area contributed by atoms with Crippen LogP contribution in [0, 0.1) is 11.7 Å². The highest BCUT2D eigenvalue weighted by molar-refractivity contribution is 6.31. The number of likely N-dealkylation sites (tertiary alicyclic amines) is 1. The van der Waals surface area contributed by atoms with Crippen LogP contribution in [0.1, 0.15) is 24.0 Å². The maximum absolute atomic E-state index is 13.2. The molecule has 3 nitrogen and oxygen atoms in total. The molecule has 1 aliphatic heterocycles. The van der Waals surface area contributed by atoms with Gasteiger partial charge in [-0.15, -0.1) is 0 Å². The lowest BCUT2D eigenvalue weighted by Gasteiger charge is -2.32. The van der Waals surface area contributed by atoms with Gasteiger partial charge in [0.25, 0.3) is 0 Å². The van der Waals surface area contributed by atoms with Gasteiger partial charge in [-0.3, -0.25) is 9.69 Å². The zero-order valence-corrected chi connectivity index (χ0v) is 14.8. The molecule has 0 spiro atoms. The number of halogens is 2. The van der Waals surface area contributed by atoms with Crippen molar-refractivity contribution < 1.29 is 9.18 Å². The number of benzene rings is 2. The molecule has 1 aliphatic rings. The van der Waals surface area contributed by atoms with Crippen LogP contribution in [0.15, 0.2) is 48.5 Å². The van der Waals surface area contributed by atoms with Gasteiger partial charge in [0.1, 0.15) is 5.82 Å². The molecular formula is C20H22ClFN2O. The highest BCUT2D eigenvalue weighted by atomic mass is 35.5.